The number of rotatable bonds is 4. The Kier molecular flexibility index (Phi) is 4.59. The molecule has 0 saturated carbocycles. The van der Waals surface area contributed by atoms with Crippen molar-refractivity contribution < 1.29 is 18.3 Å². The van der Waals surface area contributed by atoms with Gasteiger partial charge in [-0.2, -0.15) is 0 Å². The van der Waals surface area contributed by atoms with E-state index in [1.165, 1.54) is 12.1 Å². The lowest BCUT2D eigenvalue weighted by atomic mass is 10.2. The first-order valence-electron chi connectivity index (χ1n) is 5.88. The fourth-order valence-electron chi connectivity index (χ4n) is 1.55. The Morgan fingerprint density at radius 1 is 1.19 bits per heavy atom. The third kappa shape index (κ3) is 4.06. The van der Waals surface area contributed by atoms with Gasteiger partial charge in [-0.25, -0.2) is 8.78 Å². The summed E-state index contributed by atoms with van der Waals surface area (Å²) in [4.78, 5) is 11.7. The number of hydrogen-bond acceptors (Lipinski definition) is 3. The van der Waals surface area contributed by atoms with Gasteiger partial charge < -0.3 is 15.8 Å². The van der Waals surface area contributed by atoms with Gasteiger partial charge in [-0.15, -0.1) is 0 Å². The van der Waals surface area contributed by atoms with Gasteiger partial charge in [0.1, 0.15) is 5.75 Å². The van der Waals surface area contributed by atoms with Crippen LogP contribution in [-0.4, -0.2) is 12.5 Å². The number of benzene rings is 2. The van der Waals surface area contributed by atoms with Gasteiger partial charge in [0.2, 0.25) is 0 Å². The minimum absolute atomic E-state index is 0.0492. The topological polar surface area (TPSA) is 64.3 Å². The van der Waals surface area contributed by atoms with E-state index in [9.17, 15) is 13.6 Å². The summed E-state index contributed by atoms with van der Waals surface area (Å²) in [6.07, 6.45) is 0. The molecular formula is C14H11ClF2N2O2. The quantitative estimate of drug-likeness (QED) is 0.852. The second-order valence-electron chi connectivity index (χ2n) is 4.14. The van der Waals surface area contributed by atoms with Crippen molar-refractivity contribution in [3.8, 4) is 5.75 Å². The average molecular weight is 313 g/mol. The number of halogens is 3. The average Bonchev–Trinajstić information content (AvgIpc) is 2.43. The van der Waals surface area contributed by atoms with Crippen LogP contribution in [0.5, 0.6) is 5.75 Å². The standard InChI is InChI=1S/C14H11ClF2N2O2/c15-8-1-4-13(12(18)5-8)19-14(20)7-21-9-2-3-10(16)11(17)6-9/h1-6H,7,18H2,(H,19,20). The van der Waals surface area contributed by atoms with Crippen LogP contribution >= 0.6 is 11.6 Å². The van der Waals surface area contributed by atoms with Crippen molar-refractivity contribution >= 4 is 28.9 Å². The van der Waals surface area contributed by atoms with E-state index >= 15 is 0 Å². The molecule has 0 atom stereocenters. The van der Waals surface area contributed by atoms with Crippen LogP contribution in [-0.2, 0) is 4.79 Å². The van der Waals surface area contributed by atoms with E-state index in [0.29, 0.717) is 16.4 Å². The molecule has 0 saturated heterocycles. The van der Waals surface area contributed by atoms with E-state index < -0.39 is 17.5 Å². The molecule has 0 aliphatic heterocycles. The van der Waals surface area contributed by atoms with Gasteiger partial charge in [0.25, 0.3) is 5.91 Å². The molecule has 0 aliphatic carbocycles. The number of carbonyl (C=O) groups is 1. The van der Waals surface area contributed by atoms with Crippen molar-refractivity contribution in [3.63, 3.8) is 0 Å². The van der Waals surface area contributed by atoms with Crippen LogP contribution in [0.1, 0.15) is 0 Å². The first-order chi connectivity index (χ1) is 9.95. The van der Waals surface area contributed by atoms with Crippen LogP contribution in [0.15, 0.2) is 36.4 Å². The molecule has 7 heteroatoms. The SMILES string of the molecule is Nc1cc(Cl)ccc1NC(=O)COc1ccc(F)c(F)c1. The zero-order chi connectivity index (χ0) is 15.4. The molecule has 0 aromatic heterocycles. The molecular weight excluding hydrogens is 302 g/mol. The summed E-state index contributed by atoms with van der Waals surface area (Å²) < 4.78 is 30.7. The number of amides is 1. The third-order valence-corrected chi connectivity index (χ3v) is 2.78. The fourth-order valence-corrected chi connectivity index (χ4v) is 1.73. The van der Waals surface area contributed by atoms with Gasteiger partial charge in [-0.1, -0.05) is 11.6 Å². The summed E-state index contributed by atoms with van der Waals surface area (Å²) in [6.45, 7) is -0.368. The molecule has 0 unspecified atom stereocenters. The summed E-state index contributed by atoms with van der Waals surface area (Å²) in [5.41, 5.74) is 6.38. The van der Waals surface area contributed by atoms with Gasteiger partial charge in [0.15, 0.2) is 18.2 Å². The van der Waals surface area contributed by atoms with Crippen LogP contribution < -0.4 is 15.8 Å². The largest absolute Gasteiger partial charge is 0.484 e. The summed E-state index contributed by atoms with van der Waals surface area (Å²) in [5, 5.41) is 2.97. The van der Waals surface area contributed by atoms with Gasteiger partial charge >= 0.3 is 0 Å². The van der Waals surface area contributed by atoms with E-state index in [-0.39, 0.29) is 12.4 Å². The maximum absolute atomic E-state index is 13.0. The van der Waals surface area contributed by atoms with Crippen LogP contribution in [0.4, 0.5) is 20.2 Å². The molecule has 2 aromatic carbocycles. The molecule has 0 bridgehead atoms. The van der Waals surface area contributed by atoms with Gasteiger partial charge in [0.05, 0.1) is 11.4 Å². The van der Waals surface area contributed by atoms with Gasteiger partial charge in [-0.05, 0) is 30.3 Å². The number of carbonyl (C=O) groups excluding carboxylic acids is 1. The van der Waals surface area contributed by atoms with E-state index in [2.05, 4.69) is 5.32 Å². The van der Waals surface area contributed by atoms with Crippen LogP contribution in [0.2, 0.25) is 5.02 Å². The van der Waals surface area contributed by atoms with E-state index in [4.69, 9.17) is 22.1 Å². The number of nitrogens with one attached hydrogen (secondary N) is 1. The Balaban J connectivity index is 1.94. The maximum atomic E-state index is 13.0. The Bertz CT molecular complexity index is 680. The molecule has 21 heavy (non-hydrogen) atoms. The summed E-state index contributed by atoms with van der Waals surface area (Å²) in [5.74, 6) is -2.47. The summed E-state index contributed by atoms with van der Waals surface area (Å²) in [6, 6.07) is 7.62. The molecule has 0 radical (unpaired) electrons. The van der Waals surface area contributed by atoms with Crippen molar-refractivity contribution in [2.75, 3.05) is 17.7 Å². The minimum atomic E-state index is -1.05. The molecule has 0 aliphatic rings. The zero-order valence-corrected chi connectivity index (χ0v) is 11.5. The number of anilines is 2. The Morgan fingerprint density at radius 2 is 1.95 bits per heavy atom. The zero-order valence-electron chi connectivity index (χ0n) is 10.7. The second-order valence-corrected chi connectivity index (χ2v) is 4.58. The van der Waals surface area contributed by atoms with E-state index in [0.717, 1.165) is 12.1 Å². The summed E-state index contributed by atoms with van der Waals surface area (Å²) in [7, 11) is 0. The lowest BCUT2D eigenvalue weighted by Gasteiger charge is -2.09. The Labute approximate surface area is 124 Å². The number of nitrogens with two attached hydrogens (primary N) is 1. The normalized spacial score (nSPS) is 10.2. The van der Waals surface area contributed by atoms with Crippen LogP contribution in [0.3, 0.4) is 0 Å². The predicted molar refractivity (Wildman–Crippen MR) is 76.3 cm³/mol. The smallest absolute Gasteiger partial charge is 0.262 e. The van der Waals surface area contributed by atoms with Crippen molar-refractivity contribution in [2.45, 2.75) is 0 Å². The molecule has 4 nitrogen and oxygen atoms in total. The van der Waals surface area contributed by atoms with Crippen LogP contribution in [0, 0.1) is 11.6 Å². The highest BCUT2D eigenvalue weighted by Crippen LogP contribution is 2.22. The molecule has 2 rings (SSSR count). The first-order valence-corrected chi connectivity index (χ1v) is 6.26. The Morgan fingerprint density at radius 3 is 2.62 bits per heavy atom. The van der Waals surface area contributed by atoms with Crippen molar-refractivity contribution in [1.29, 1.82) is 0 Å². The Hall–Kier alpha value is -2.34. The fraction of sp³-hybridized carbons (Fsp3) is 0.0714. The van der Waals surface area contributed by atoms with Gasteiger partial charge in [-0.3, -0.25) is 4.79 Å². The molecule has 0 heterocycles. The molecule has 0 fully saturated rings. The molecule has 2 aromatic rings. The molecule has 0 spiro atoms. The number of ether oxygens (including phenoxy) is 1. The van der Waals surface area contributed by atoms with Crippen molar-refractivity contribution in [2.24, 2.45) is 0 Å². The summed E-state index contributed by atoms with van der Waals surface area (Å²) >= 11 is 5.74. The second kappa shape index (κ2) is 6.41. The van der Waals surface area contributed by atoms with Gasteiger partial charge in [0, 0.05) is 11.1 Å². The predicted octanol–water partition coefficient (Wildman–Crippen LogP) is 3.22. The maximum Gasteiger partial charge on any atom is 0.262 e. The highest BCUT2D eigenvalue weighted by Gasteiger charge is 2.08. The van der Waals surface area contributed by atoms with Crippen LogP contribution in [0.25, 0.3) is 0 Å². The molecule has 1 amide bonds. The number of hydrogen-bond donors (Lipinski definition) is 2. The third-order valence-electron chi connectivity index (χ3n) is 2.55. The van der Waals surface area contributed by atoms with Crippen molar-refractivity contribution in [3.05, 3.63) is 53.1 Å². The molecule has 110 valence electrons. The minimum Gasteiger partial charge on any atom is -0.484 e. The highest BCUT2D eigenvalue weighted by atomic mass is 35.5. The van der Waals surface area contributed by atoms with E-state index in [1.807, 2.05) is 0 Å². The molecule has 3 N–H and O–H groups in total. The first kappa shape index (κ1) is 15.1. The highest BCUT2D eigenvalue weighted by molar-refractivity contribution is 6.31. The lowest BCUT2D eigenvalue weighted by Crippen LogP contribution is -2.20. The lowest BCUT2D eigenvalue weighted by molar-refractivity contribution is -0.118. The van der Waals surface area contributed by atoms with E-state index in [1.54, 1.807) is 12.1 Å². The van der Waals surface area contributed by atoms with Crippen molar-refractivity contribution in [1.82, 2.24) is 0 Å². The number of nitrogen functional groups attached to an aromatic ring is 1. The monoisotopic (exact) mass is 312 g/mol.